The van der Waals surface area contributed by atoms with E-state index in [-0.39, 0.29) is 5.91 Å². The molecule has 1 heterocycles. The number of hydrogen-bond acceptors (Lipinski definition) is 4. The molecule has 0 spiro atoms. The average molecular weight is 401 g/mol. The van der Waals surface area contributed by atoms with E-state index in [0.29, 0.717) is 22.7 Å². The van der Waals surface area contributed by atoms with Crippen LogP contribution in [0.4, 0.5) is 5.69 Å². The Morgan fingerprint density at radius 3 is 2.50 bits per heavy atom. The molecule has 1 amide bonds. The first-order valence-corrected chi connectivity index (χ1v) is 9.72. The molecule has 152 valence electrons. The van der Waals surface area contributed by atoms with E-state index in [9.17, 15) is 4.79 Å². The summed E-state index contributed by atoms with van der Waals surface area (Å²) in [5.41, 5.74) is 4.23. The minimum absolute atomic E-state index is 0.223. The second-order valence-corrected chi connectivity index (χ2v) is 6.92. The molecule has 30 heavy (non-hydrogen) atoms. The van der Waals surface area contributed by atoms with Crippen LogP contribution in [-0.4, -0.2) is 30.1 Å². The number of aryl methyl sites for hydroxylation is 2. The lowest BCUT2D eigenvalue weighted by atomic mass is 10.1. The number of ether oxygens (including phenoxy) is 2. The molecule has 0 aliphatic carbocycles. The van der Waals surface area contributed by atoms with Gasteiger partial charge in [-0.1, -0.05) is 30.3 Å². The minimum Gasteiger partial charge on any atom is -0.493 e. The van der Waals surface area contributed by atoms with Gasteiger partial charge in [-0.25, -0.2) is 4.98 Å². The molecule has 4 rings (SSSR count). The van der Waals surface area contributed by atoms with Gasteiger partial charge in [0.15, 0.2) is 11.5 Å². The summed E-state index contributed by atoms with van der Waals surface area (Å²) < 4.78 is 10.5. The Hall–Kier alpha value is -3.80. The third-order valence-corrected chi connectivity index (χ3v) is 4.93. The number of hydrogen-bond donors (Lipinski definition) is 2. The topological polar surface area (TPSA) is 76.2 Å². The molecule has 6 heteroatoms. The van der Waals surface area contributed by atoms with E-state index in [4.69, 9.17) is 9.47 Å². The molecule has 0 aliphatic heterocycles. The first-order valence-electron chi connectivity index (χ1n) is 9.72. The van der Waals surface area contributed by atoms with Gasteiger partial charge in [-0.2, -0.15) is 0 Å². The van der Waals surface area contributed by atoms with Crippen molar-refractivity contribution in [3.63, 3.8) is 0 Å². The number of carbonyl (C=O) groups excluding carboxylic acids is 1. The molecule has 3 aromatic carbocycles. The molecule has 0 aliphatic rings. The lowest BCUT2D eigenvalue weighted by Crippen LogP contribution is -2.12. The van der Waals surface area contributed by atoms with Crippen LogP contribution < -0.4 is 14.8 Å². The molecule has 0 unspecified atom stereocenters. The lowest BCUT2D eigenvalue weighted by Gasteiger charge is -2.10. The van der Waals surface area contributed by atoms with E-state index in [0.717, 1.165) is 29.7 Å². The van der Waals surface area contributed by atoms with Crippen LogP contribution in [0.25, 0.3) is 11.0 Å². The first-order chi connectivity index (χ1) is 14.7. The van der Waals surface area contributed by atoms with E-state index < -0.39 is 0 Å². The van der Waals surface area contributed by atoms with Crippen LogP contribution >= 0.6 is 0 Å². The number of methoxy groups -OCH3 is 2. The second-order valence-electron chi connectivity index (χ2n) is 6.92. The molecular formula is C24H23N3O3. The van der Waals surface area contributed by atoms with Crippen LogP contribution in [0.5, 0.6) is 11.5 Å². The van der Waals surface area contributed by atoms with Gasteiger partial charge in [0, 0.05) is 17.7 Å². The Bertz CT molecular complexity index is 1170. The van der Waals surface area contributed by atoms with Gasteiger partial charge < -0.3 is 19.8 Å². The third kappa shape index (κ3) is 4.27. The number of amides is 1. The zero-order valence-corrected chi connectivity index (χ0v) is 16.9. The van der Waals surface area contributed by atoms with Gasteiger partial charge >= 0.3 is 0 Å². The largest absolute Gasteiger partial charge is 0.493 e. The van der Waals surface area contributed by atoms with Crippen LogP contribution in [0, 0.1) is 0 Å². The van der Waals surface area contributed by atoms with Gasteiger partial charge in [0.05, 0.1) is 25.3 Å². The van der Waals surface area contributed by atoms with E-state index in [2.05, 4.69) is 27.4 Å². The molecule has 2 N–H and O–H groups in total. The van der Waals surface area contributed by atoms with Gasteiger partial charge in [-0.05, 0) is 48.4 Å². The van der Waals surface area contributed by atoms with Crippen molar-refractivity contribution in [2.45, 2.75) is 12.8 Å². The zero-order chi connectivity index (χ0) is 20.9. The number of aromatic nitrogens is 2. The summed E-state index contributed by atoms with van der Waals surface area (Å²) in [5, 5.41) is 2.92. The number of rotatable bonds is 7. The predicted molar refractivity (Wildman–Crippen MR) is 117 cm³/mol. The van der Waals surface area contributed by atoms with Crippen molar-refractivity contribution in [1.29, 1.82) is 0 Å². The Kier molecular flexibility index (Phi) is 5.66. The number of anilines is 1. The van der Waals surface area contributed by atoms with Crippen LogP contribution in [-0.2, 0) is 12.8 Å². The van der Waals surface area contributed by atoms with E-state index in [1.807, 2.05) is 36.4 Å². The average Bonchev–Trinajstić information content (AvgIpc) is 3.20. The van der Waals surface area contributed by atoms with Crippen molar-refractivity contribution in [2.75, 3.05) is 19.5 Å². The maximum Gasteiger partial charge on any atom is 0.255 e. The summed E-state index contributed by atoms with van der Waals surface area (Å²) in [4.78, 5) is 20.7. The molecule has 4 aromatic rings. The summed E-state index contributed by atoms with van der Waals surface area (Å²) in [6, 6.07) is 21.1. The Balaban J connectivity index is 1.47. The first kappa shape index (κ1) is 19.5. The fraction of sp³-hybridized carbons (Fsp3) is 0.167. The fourth-order valence-corrected chi connectivity index (χ4v) is 3.35. The van der Waals surface area contributed by atoms with Crippen molar-refractivity contribution < 1.29 is 14.3 Å². The molecule has 0 fully saturated rings. The molecule has 0 radical (unpaired) electrons. The number of imidazole rings is 1. The van der Waals surface area contributed by atoms with Crippen molar-refractivity contribution in [2.24, 2.45) is 0 Å². The maximum atomic E-state index is 12.6. The van der Waals surface area contributed by atoms with Crippen molar-refractivity contribution in [1.82, 2.24) is 9.97 Å². The number of H-pyrrole nitrogens is 1. The monoisotopic (exact) mass is 401 g/mol. The lowest BCUT2D eigenvalue weighted by molar-refractivity contribution is 0.102. The standard InChI is InChI=1S/C24H23N3O3/c1-29-21-12-9-17(14-22(21)30-2)24(28)25-18-10-11-19-20(15-18)27-23(26-19)13-8-16-6-4-3-5-7-16/h3-7,9-12,14-15H,8,13H2,1-2H3,(H,25,28)(H,26,27). The Labute approximate surface area is 174 Å². The molecule has 0 saturated carbocycles. The van der Waals surface area contributed by atoms with Gasteiger partial charge in [-0.15, -0.1) is 0 Å². The Morgan fingerprint density at radius 1 is 0.933 bits per heavy atom. The highest BCUT2D eigenvalue weighted by molar-refractivity contribution is 6.05. The molecular weight excluding hydrogens is 378 g/mol. The molecule has 1 aromatic heterocycles. The normalized spacial score (nSPS) is 10.7. The number of nitrogens with one attached hydrogen (secondary N) is 2. The maximum absolute atomic E-state index is 12.6. The predicted octanol–water partition coefficient (Wildman–Crippen LogP) is 4.62. The molecule has 6 nitrogen and oxygen atoms in total. The van der Waals surface area contributed by atoms with Crippen molar-refractivity contribution in [3.8, 4) is 11.5 Å². The highest BCUT2D eigenvalue weighted by Crippen LogP contribution is 2.28. The summed E-state index contributed by atoms with van der Waals surface area (Å²) >= 11 is 0. The van der Waals surface area contributed by atoms with Crippen molar-refractivity contribution >= 4 is 22.6 Å². The van der Waals surface area contributed by atoms with Gasteiger partial charge in [-0.3, -0.25) is 4.79 Å². The SMILES string of the molecule is COc1ccc(C(=O)Nc2ccc3nc(CCc4ccccc4)[nH]c3c2)cc1OC. The highest BCUT2D eigenvalue weighted by Gasteiger charge is 2.12. The quantitative estimate of drug-likeness (QED) is 0.474. The van der Waals surface area contributed by atoms with E-state index in [1.165, 1.54) is 5.56 Å². The van der Waals surface area contributed by atoms with Crippen LogP contribution in [0.1, 0.15) is 21.7 Å². The van der Waals surface area contributed by atoms with Crippen LogP contribution in [0.2, 0.25) is 0 Å². The number of carbonyl (C=O) groups is 1. The number of fused-ring (bicyclic) bond motifs is 1. The summed E-state index contributed by atoms with van der Waals surface area (Å²) in [7, 11) is 3.10. The van der Waals surface area contributed by atoms with Gasteiger partial charge in [0.25, 0.3) is 5.91 Å². The van der Waals surface area contributed by atoms with Gasteiger partial charge in [0.2, 0.25) is 0 Å². The smallest absolute Gasteiger partial charge is 0.255 e. The summed E-state index contributed by atoms with van der Waals surface area (Å²) in [5.74, 6) is 1.80. The fourth-order valence-electron chi connectivity index (χ4n) is 3.35. The van der Waals surface area contributed by atoms with E-state index in [1.54, 1.807) is 32.4 Å². The minimum atomic E-state index is -0.223. The van der Waals surface area contributed by atoms with Crippen LogP contribution in [0.15, 0.2) is 66.7 Å². The molecule has 0 bridgehead atoms. The molecule has 0 saturated heterocycles. The number of aromatic amines is 1. The third-order valence-electron chi connectivity index (χ3n) is 4.93. The zero-order valence-electron chi connectivity index (χ0n) is 16.9. The Morgan fingerprint density at radius 2 is 1.73 bits per heavy atom. The van der Waals surface area contributed by atoms with E-state index >= 15 is 0 Å². The van der Waals surface area contributed by atoms with Crippen LogP contribution in [0.3, 0.4) is 0 Å². The van der Waals surface area contributed by atoms with Gasteiger partial charge in [0.1, 0.15) is 5.82 Å². The van der Waals surface area contributed by atoms with Crippen molar-refractivity contribution in [3.05, 3.63) is 83.7 Å². The highest BCUT2D eigenvalue weighted by atomic mass is 16.5. The summed E-state index contributed by atoms with van der Waals surface area (Å²) in [6.45, 7) is 0. The second kappa shape index (κ2) is 8.69. The molecule has 0 atom stereocenters. The number of benzene rings is 3. The number of nitrogens with zero attached hydrogens (tertiary/aromatic N) is 1. The summed E-state index contributed by atoms with van der Waals surface area (Å²) in [6.07, 6.45) is 1.75.